The number of hydrogen-bond acceptors (Lipinski definition) is 3. The molecule has 0 amide bonds. The van der Waals surface area contributed by atoms with Crippen LogP contribution < -0.4 is 5.32 Å². The van der Waals surface area contributed by atoms with Crippen molar-refractivity contribution in [3.8, 4) is 0 Å². The summed E-state index contributed by atoms with van der Waals surface area (Å²) in [5, 5.41) is 3.47. The summed E-state index contributed by atoms with van der Waals surface area (Å²) in [6, 6.07) is 0.846. The Labute approximate surface area is 107 Å². The second kappa shape index (κ2) is 7.34. The van der Waals surface area contributed by atoms with E-state index in [0.29, 0.717) is 0 Å². The standard InChI is InChI=1S/C14H29N3/c1-2-9-17(14-5-7-15-8-6-14)13-12-16-10-3-4-11-16/h14-15H,2-13H2,1H3. The Hall–Kier alpha value is -0.120. The van der Waals surface area contributed by atoms with Crippen LogP contribution in [0.2, 0.25) is 0 Å². The molecule has 3 heteroatoms. The highest BCUT2D eigenvalue weighted by Crippen LogP contribution is 2.13. The molecule has 0 saturated carbocycles. The van der Waals surface area contributed by atoms with Crippen LogP contribution in [0, 0.1) is 0 Å². The first kappa shape index (κ1) is 13.3. The van der Waals surface area contributed by atoms with Crippen LogP contribution >= 0.6 is 0 Å². The van der Waals surface area contributed by atoms with Crippen molar-refractivity contribution in [1.82, 2.24) is 15.1 Å². The first-order valence-corrected chi connectivity index (χ1v) is 7.57. The third-order valence-electron chi connectivity index (χ3n) is 4.24. The van der Waals surface area contributed by atoms with Gasteiger partial charge >= 0.3 is 0 Å². The van der Waals surface area contributed by atoms with E-state index < -0.39 is 0 Å². The van der Waals surface area contributed by atoms with Crippen molar-refractivity contribution in [2.24, 2.45) is 0 Å². The van der Waals surface area contributed by atoms with Gasteiger partial charge < -0.3 is 10.2 Å². The normalized spacial score (nSPS) is 23.6. The summed E-state index contributed by atoms with van der Waals surface area (Å²) in [6.45, 7) is 11.3. The molecule has 2 saturated heterocycles. The summed E-state index contributed by atoms with van der Waals surface area (Å²) in [4.78, 5) is 5.39. The number of rotatable bonds is 6. The first-order chi connectivity index (χ1) is 8.40. The van der Waals surface area contributed by atoms with Crippen LogP contribution in [0.1, 0.15) is 39.0 Å². The average molecular weight is 239 g/mol. The molecule has 2 heterocycles. The lowest BCUT2D eigenvalue weighted by Gasteiger charge is -2.35. The van der Waals surface area contributed by atoms with Crippen molar-refractivity contribution in [3.63, 3.8) is 0 Å². The van der Waals surface area contributed by atoms with E-state index in [9.17, 15) is 0 Å². The lowest BCUT2D eigenvalue weighted by Crippen LogP contribution is -2.46. The highest BCUT2D eigenvalue weighted by atomic mass is 15.2. The van der Waals surface area contributed by atoms with E-state index in [1.165, 1.54) is 77.9 Å². The Morgan fingerprint density at radius 1 is 1.12 bits per heavy atom. The molecule has 0 atom stereocenters. The quantitative estimate of drug-likeness (QED) is 0.758. The van der Waals surface area contributed by atoms with Crippen LogP contribution in [-0.4, -0.2) is 61.7 Å². The summed E-state index contributed by atoms with van der Waals surface area (Å²) in [6.07, 6.45) is 6.83. The maximum atomic E-state index is 3.47. The lowest BCUT2D eigenvalue weighted by molar-refractivity contribution is 0.144. The molecule has 2 aliphatic heterocycles. The molecule has 0 aromatic carbocycles. The lowest BCUT2D eigenvalue weighted by atomic mass is 10.0. The van der Waals surface area contributed by atoms with Gasteiger partial charge in [0.25, 0.3) is 0 Å². The van der Waals surface area contributed by atoms with Crippen molar-refractivity contribution in [2.45, 2.75) is 45.1 Å². The predicted molar refractivity (Wildman–Crippen MR) is 73.4 cm³/mol. The highest BCUT2D eigenvalue weighted by molar-refractivity contribution is 4.79. The van der Waals surface area contributed by atoms with Crippen LogP contribution in [0.25, 0.3) is 0 Å². The van der Waals surface area contributed by atoms with E-state index in [2.05, 4.69) is 22.0 Å². The van der Waals surface area contributed by atoms with Crippen molar-refractivity contribution < 1.29 is 0 Å². The molecule has 0 unspecified atom stereocenters. The van der Waals surface area contributed by atoms with Gasteiger partial charge in [0.2, 0.25) is 0 Å². The predicted octanol–water partition coefficient (Wildman–Crippen LogP) is 1.55. The van der Waals surface area contributed by atoms with Gasteiger partial charge in [0.1, 0.15) is 0 Å². The maximum absolute atomic E-state index is 3.47. The molecule has 3 nitrogen and oxygen atoms in total. The van der Waals surface area contributed by atoms with Crippen LogP contribution in [0.15, 0.2) is 0 Å². The molecule has 2 aliphatic rings. The maximum Gasteiger partial charge on any atom is 0.0120 e. The Morgan fingerprint density at radius 3 is 2.47 bits per heavy atom. The fourth-order valence-corrected chi connectivity index (χ4v) is 3.21. The Morgan fingerprint density at radius 2 is 1.82 bits per heavy atom. The first-order valence-electron chi connectivity index (χ1n) is 7.57. The van der Waals surface area contributed by atoms with E-state index in [4.69, 9.17) is 0 Å². The third-order valence-corrected chi connectivity index (χ3v) is 4.24. The van der Waals surface area contributed by atoms with Gasteiger partial charge in [-0.15, -0.1) is 0 Å². The number of likely N-dealkylation sites (tertiary alicyclic amines) is 1. The minimum absolute atomic E-state index is 0.846. The Kier molecular flexibility index (Phi) is 5.75. The monoisotopic (exact) mass is 239 g/mol. The molecule has 1 N–H and O–H groups in total. The summed E-state index contributed by atoms with van der Waals surface area (Å²) in [5.41, 5.74) is 0. The van der Waals surface area contributed by atoms with E-state index in [0.717, 1.165) is 6.04 Å². The smallest absolute Gasteiger partial charge is 0.0120 e. The summed E-state index contributed by atoms with van der Waals surface area (Å²) >= 11 is 0. The second-order valence-electron chi connectivity index (χ2n) is 5.57. The Balaban J connectivity index is 1.74. The molecular weight excluding hydrogens is 210 g/mol. The zero-order valence-electron chi connectivity index (χ0n) is 11.5. The second-order valence-corrected chi connectivity index (χ2v) is 5.57. The van der Waals surface area contributed by atoms with Gasteiger partial charge in [0, 0.05) is 19.1 Å². The van der Waals surface area contributed by atoms with Crippen molar-refractivity contribution in [1.29, 1.82) is 0 Å². The molecule has 17 heavy (non-hydrogen) atoms. The molecule has 0 spiro atoms. The molecule has 0 aromatic heterocycles. The van der Waals surface area contributed by atoms with Crippen molar-refractivity contribution in [3.05, 3.63) is 0 Å². The zero-order valence-corrected chi connectivity index (χ0v) is 11.5. The third kappa shape index (κ3) is 4.23. The Bertz CT molecular complexity index is 196. The molecule has 0 aromatic rings. The average Bonchev–Trinajstić information content (AvgIpc) is 2.88. The van der Waals surface area contributed by atoms with Crippen LogP contribution in [0.4, 0.5) is 0 Å². The molecule has 0 aliphatic carbocycles. The van der Waals surface area contributed by atoms with Gasteiger partial charge in [-0.3, -0.25) is 4.90 Å². The van der Waals surface area contributed by atoms with Gasteiger partial charge in [-0.25, -0.2) is 0 Å². The van der Waals surface area contributed by atoms with Crippen LogP contribution in [0.5, 0.6) is 0 Å². The van der Waals surface area contributed by atoms with Gasteiger partial charge in [-0.2, -0.15) is 0 Å². The van der Waals surface area contributed by atoms with E-state index in [-0.39, 0.29) is 0 Å². The van der Waals surface area contributed by atoms with Crippen molar-refractivity contribution in [2.75, 3.05) is 45.8 Å². The van der Waals surface area contributed by atoms with Gasteiger partial charge in [-0.05, 0) is 64.8 Å². The van der Waals surface area contributed by atoms with Crippen LogP contribution in [-0.2, 0) is 0 Å². The summed E-state index contributed by atoms with van der Waals surface area (Å²) < 4.78 is 0. The summed E-state index contributed by atoms with van der Waals surface area (Å²) in [5.74, 6) is 0. The number of piperidine rings is 1. The van der Waals surface area contributed by atoms with Gasteiger partial charge in [-0.1, -0.05) is 6.92 Å². The molecule has 100 valence electrons. The topological polar surface area (TPSA) is 18.5 Å². The molecule has 2 rings (SSSR count). The molecular formula is C14H29N3. The molecule has 0 bridgehead atoms. The number of nitrogens with zero attached hydrogens (tertiary/aromatic N) is 2. The van der Waals surface area contributed by atoms with Gasteiger partial charge in [0.05, 0.1) is 0 Å². The van der Waals surface area contributed by atoms with E-state index in [1.54, 1.807) is 0 Å². The zero-order chi connectivity index (χ0) is 11.9. The number of hydrogen-bond donors (Lipinski definition) is 1. The van der Waals surface area contributed by atoms with E-state index in [1.807, 2.05) is 0 Å². The molecule has 2 fully saturated rings. The minimum Gasteiger partial charge on any atom is -0.317 e. The van der Waals surface area contributed by atoms with Gasteiger partial charge in [0.15, 0.2) is 0 Å². The SMILES string of the molecule is CCCN(CCN1CCCC1)C1CCNCC1. The fourth-order valence-electron chi connectivity index (χ4n) is 3.21. The van der Waals surface area contributed by atoms with Crippen molar-refractivity contribution >= 4 is 0 Å². The summed E-state index contributed by atoms with van der Waals surface area (Å²) in [7, 11) is 0. The van der Waals surface area contributed by atoms with E-state index >= 15 is 0 Å². The number of nitrogens with one attached hydrogen (secondary N) is 1. The largest absolute Gasteiger partial charge is 0.317 e. The fraction of sp³-hybridized carbons (Fsp3) is 1.00. The van der Waals surface area contributed by atoms with Crippen LogP contribution in [0.3, 0.4) is 0 Å². The highest BCUT2D eigenvalue weighted by Gasteiger charge is 2.21. The minimum atomic E-state index is 0.846. The molecule has 0 radical (unpaired) electrons.